The highest BCUT2D eigenvalue weighted by Gasteiger charge is 2.35. The molecule has 0 aliphatic carbocycles. The molecule has 0 saturated carbocycles. The van der Waals surface area contributed by atoms with Crippen LogP contribution < -0.4 is 15.0 Å². The van der Waals surface area contributed by atoms with Crippen LogP contribution in [-0.4, -0.2) is 34.0 Å². The molecule has 2 aliphatic rings. The average molecular weight is 443 g/mol. The largest absolute Gasteiger partial charge is 0.426 e. The van der Waals surface area contributed by atoms with Gasteiger partial charge in [-0.1, -0.05) is 41.6 Å². The fourth-order valence-electron chi connectivity index (χ4n) is 3.21. The molecular formula is C21H18N2O5S2. The van der Waals surface area contributed by atoms with Gasteiger partial charge in [0.15, 0.2) is 0 Å². The van der Waals surface area contributed by atoms with Crippen LogP contribution in [0.3, 0.4) is 0 Å². The molecule has 2 aromatic carbocycles. The van der Waals surface area contributed by atoms with Crippen LogP contribution in [-0.2, 0) is 14.4 Å². The number of rotatable bonds is 5. The Morgan fingerprint density at radius 3 is 2.43 bits per heavy atom. The number of anilines is 1. The van der Waals surface area contributed by atoms with E-state index in [1.54, 1.807) is 28.8 Å². The van der Waals surface area contributed by atoms with Crippen LogP contribution in [0.4, 0.5) is 10.5 Å². The van der Waals surface area contributed by atoms with Gasteiger partial charge in [0.25, 0.3) is 5.24 Å². The van der Waals surface area contributed by atoms with E-state index in [0.29, 0.717) is 11.5 Å². The van der Waals surface area contributed by atoms with E-state index < -0.39 is 22.4 Å². The number of imide groups is 1. The third kappa shape index (κ3) is 4.36. The number of thioether (sulfide) groups is 2. The van der Waals surface area contributed by atoms with Crippen LogP contribution in [0.5, 0.6) is 5.75 Å². The van der Waals surface area contributed by atoms with Crippen molar-refractivity contribution in [1.29, 1.82) is 0 Å². The monoisotopic (exact) mass is 442 g/mol. The van der Waals surface area contributed by atoms with E-state index in [1.165, 1.54) is 0 Å². The first kappa shape index (κ1) is 20.5. The van der Waals surface area contributed by atoms with Crippen LogP contribution in [0.15, 0.2) is 48.5 Å². The highest BCUT2D eigenvalue weighted by molar-refractivity contribution is 8.15. The molecule has 154 valence electrons. The highest BCUT2D eigenvalue weighted by atomic mass is 32.2. The lowest BCUT2D eigenvalue weighted by atomic mass is 10.1. The topological polar surface area (TPSA) is 92.8 Å². The normalized spacial score (nSPS) is 21.1. The van der Waals surface area contributed by atoms with Gasteiger partial charge in [-0.2, -0.15) is 0 Å². The number of nitrogens with one attached hydrogen (secondary N) is 1. The summed E-state index contributed by atoms with van der Waals surface area (Å²) in [6.07, 6.45) is -0.182. The number of benzene rings is 2. The van der Waals surface area contributed by atoms with Crippen molar-refractivity contribution in [3.63, 3.8) is 0 Å². The number of carbonyl (C=O) groups is 4. The summed E-state index contributed by atoms with van der Waals surface area (Å²) in [5.74, 6) is -0.274. The molecule has 1 N–H and O–H groups in total. The maximum absolute atomic E-state index is 12.4. The standard InChI is InChI=1S/C21H18N2O5S2/c1-12-2-6-14(7-3-12)23-17(24)11-29-20(23)13-4-8-15(9-5-13)28-18(25)10-16-19(26)22-21(27)30-16/h2-9,16,20H,10-11H2,1H3,(H,22,26,27)/t16-,20+/m0/s1. The van der Waals surface area contributed by atoms with E-state index in [-0.39, 0.29) is 17.7 Å². The molecule has 0 radical (unpaired) electrons. The summed E-state index contributed by atoms with van der Waals surface area (Å²) < 4.78 is 5.29. The zero-order chi connectivity index (χ0) is 21.3. The molecule has 2 atom stereocenters. The second-order valence-corrected chi connectivity index (χ2v) is 9.14. The smallest absolute Gasteiger partial charge is 0.312 e. The lowest BCUT2D eigenvalue weighted by Gasteiger charge is -2.24. The zero-order valence-electron chi connectivity index (χ0n) is 16.0. The molecule has 0 spiro atoms. The molecule has 9 heteroatoms. The number of hydrogen-bond acceptors (Lipinski definition) is 7. The van der Waals surface area contributed by atoms with Crippen LogP contribution in [0.25, 0.3) is 0 Å². The predicted molar refractivity (Wildman–Crippen MR) is 115 cm³/mol. The minimum atomic E-state index is -0.756. The van der Waals surface area contributed by atoms with Gasteiger partial charge in [-0.05, 0) is 36.8 Å². The van der Waals surface area contributed by atoms with Crippen molar-refractivity contribution in [2.45, 2.75) is 24.0 Å². The van der Waals surface area contributed by atoms with E-state index in [0.717, 1.165) is 28.6 Å². The molecule has 4 rings (SSSR count). The maximum atomic E-state index is 12.4. The first-order chi connectivity index (χ1) is 14.4. The molecule has 0 unspecified atom stereocenters. The van der Waals surface area contributed by atoms with E-state index >= 15 is 0 Å². The van der Waals surface area contributed by atoms with Crippen molar-refractivity contribution in [1.82, 2.24) is 5.32 Å². The van der Waals surface area contributed by atoms with Gasteiger partial charge < -0.3 is 4.74 Å². The second kappa shape index (κ2) is 8.53. The minimum Gasteiger partial charge on any atom is -0.426 e. The molecule has 7 nitrogen and oxygen atoms in total. The van der Waals surface area contributed by atoms with E-state index in [1.807, 2.05) is 43.3 Å². The van der Waals surface area contributed by atoms with Crippen molar-refractivity contribution < 1.29 is 23.9 Å². The van der Waals surface area contributed by atoms with E-state index in [9.17, 15) is 19.2 Å². The number of nitrogens with zero attached hydrogens (tertiary/aromatic N) is 1. The fourth-order valence-corrected chi connectivity index (χ4v) is 5.19. The lowest BCUT2D eigenvalue weighted by Crippen LogP contribution is -2.27. The maximum Gasteiger partial charge on any atom is 0.312 e. The van der Waals surface area contributed by atoms with Gasteiger partial charge in [0.05, 0.1) is 12.2 Å². The molecule has 2 aliphatic heterocycles. The van der Waals surface area contributed by atoms with E-state index in [2.05, 4.69) is 5.32 Å². The minimum absolute atomic E-state index is 0.0474. The SMILES string of the molecule is Cc1ccc(N2C(=O)CS[C@@H]2c2ccc(OC(=O)C[C@@H]3SC(=O)NC3=O)cc2)cc1. The molecule has 0 bridgehead atoms. The molecule has 30 heavy (non-hydrogen) atoms. The Bertz CT molecular complexity index is 1010. The fraction of sp³-hybridized carbons (Fsp3) is 0.238. The molecule has 3 amide bonds. The Hall–Kier alpha value is -2.78. The summed E-state index contributed by atoms with van der Waals surface area (Å²) in [5.41, 5.74) is 2.89. The first-order valence-electron chi connectivity index (χ1n) is 9.23. The van der Waals surface area contributed by atoms with E-state index in [4.69, 9.17) is 4.74 Å². The Kier molecular flexibility index (Phi) is 5.83. The van der Waals surface area contributed by atoms with Gasteiger partial charge in [0.2, 0.25) is 11.8 Å². The van der Waals surface area contributed by atoms with Crippen molar-refractivity contribution >= 4 is 52.2 Å². The molecule has 2 aromatic rings. The van der Waals surface area contributed by atoms with Crippen molar-refractivity contribution in [3.05, 3.63) is 59.7 Å². The predicted octanol–water partition coefficient (Wildman–Crippen LogP) is 3.42. The number of carbonyl (C=O) groups excluding carboxylic acids is 4. The zero-order valence-corrected chi connectivity index (χ0v) is 17.6. The summed E-state index contributed by atoms with van der Waals surface area (Å²) in [4.78, 5) is 49.1. The average Bonchev–Trinajstić information content (AvgIpc) is 3.24. The number of ether oxygens (including phenoxy) is 1. The summed E-state index contributed by atoms with van der Waals surface area (Å²) in [5, 5.41) is 0.773. The van der Waals surface area contributed by atoms with Gasteiger partial charge in [-0.25, -0.2) is 0 Å². The van der Waals surface area contributed by atoms with Crippen LogP contribution in [0.1, 0.15) is 22.9 Å². The van der Waals surface area contributed by atoms with Gasteiger partial charge in [0.1, 0.15) is 16.4 Å². The van der Waals surface area contributed by atoms with Gasteiger partial charge >= 0.3 is 5.97 Å². The first-order valence-corrected chi connectivity index (χ1v) is 11.2. The van der Waals surface area contributed by atoms with Gasteiger partial charge in [0, 0.05) is 5.69 Å². The number of esters is 1. The third-order valence-corrected chi connectivity index (χ3v) is 6.89. The molecular weight excluding hydrogens is 424 g/mol. The van der Waals surface area contributed by atoms with Crippen LogP contribution in [0.2, 0.25) is 0 Å². The summed E-state index contributed by atoms with van der Waals surface area (Å²) >= 11 is 2.33. The van der Waals surface area contributed by atoms with Crippen molar-refractivity contribution in [2.24, 2.45) is 0 Å². The van der Waals surface area contributed by atoms with Gasteiger partial charge in [-0.15, -0.1) is 11.8 Å². The summed E-state index contributed by atoms with van der Waals surface area (Å²) in [7, 11) is 0. The Morgan fingerprint density at radius 1 is 1.10 bits per heavy atom. The Morgan fingerprint density at radius 2 is 1.80 bits per heavy atom. The van der Waals surface area contributed by atoms with Gasteiger partial charge in [-0.3, -0.25) is 29.4 Å². The quantitative estimate of drug-likeness (QED) is 0.560. The molecule has 2 heterocycles. The third-order valence-electron chi connectivity index (χ3n) is 4.70. The lowest BCUT2D eigenvalue weighted by molar-refractivity contribution is -0.135. The highest BCUT2D eigenvalue weighted by Crippen LogP contribution is 2.42. The molecule has 0 aromatic heterocycles. The Balaban J connectivity index is 1.43. The second-order valence-electron chi connectivity index (χ2n) is 6.89. The molecule has 2 fully saturated rings. The number of amides is 3. The summed E-state index contributed by atoms with van der Waals surface area (Å²) in [6, 6.07) is 14.8. The van der Waals surface area contributed by atoms with Crippen molar-refractivity contribution in [2.75, 3.05) is 10.7 Å². The van der Waals surface area contributed by atoms with Crippen LogP contribution >= 0.6 is 23.5 Å². The number of aryl methyl sites for hydroxylation is 1. The van der Waals surface area contributed by atoms with Crippen LogP contribution in [0, 0.1) is 6.92 Å². The summed E-state index contributed by atoms with van der Waals surface area (Å²) in [6.45, 7) is 2.00. The Labute approximate surface area is 181 Å². The molecule has 2 saturated heterocycles. The number of hydrogen-bond donors (Lipinski definition) is 1. The van der Waals surface area contributed by atoms with Crippen molar-refractivity contribution in [3.8, 4) is 5.75 Å².